The van der Waals surface area contributed by atoms with Crippen LogP contribution in [0.1, 0.15) is 37.5 Å². The Morgan fingerprint density at radius 1 is 1.26 bits per heavy atom. The molecule has 7 nitrogen and oxygen atoms in total. The summed E-state index contributed by atoms with van der Waals surface area (Å²) in [5, 5.41) is 21.0. The van der Waals surface area contributed by atoms with E-state index in [1.807, 2.05) is 18.2 Å². The molecule has 1 aromatic carbocycles. The summed E-state index contributed by atoms with van der Waals surface area (Å²) in [6.07, 6.45) is 3.15. The molecule has 0 saturated carbocycles. The lowest BCUT2D eigenvalue weighted by molar-refractivity contribution is -0.0820. The molecule has 4 rings (SSSR count). The minimum absolute atomic E-state index is 0.0271. The molecule has 3 heterocycles. The Morgan fingerprint density at radius 2 is 2.04 bits per heavy atom. The molecule has 0 radical (unpaired) electrons. The third-order valence-corrected chi connectivity index (χ3v) is 5.80. The van der Waals surface area contributed by atoms with Gasteiger partial charge in [-0.3, -0.25) is 14.3 Å². The summed E-state index contributed by atoms with van der Waals surface area (Å²) in [5.41, 5.74) is -0.177. The molecule has 0 amide bonds. The van der Waals surface area contributed by atoms with E-state index in [9.17, 15) is 15.0 Å². The Bertz CT molecular complexity index is 860. The second-order valence-electron chi connectivity index (χ2n) is 7.63. The standard InChI is InChI=1S/C20H27N3O4/c24-11-10-23-18(21-16-5-2-1-4-15(16)19(23)25)17-6-3-9-22(17)14-20(26)7-12-27-13-8-20/h1-2,4-5,17,24,26H,3,6-14H2. The molecule has 2 fully saturated rings. The minimum atomic E-state index is -0.750. The molecule has 1 aromatic heterocycles. The molecule has 2 saturated heterocycles. The average molecular weight is 373 g/mol. The summed E-state index contributed by atoms with van der Waals surface area (Å²) in [5.74, 6) is 0.695. The molecule has 0 bridgehead atoms. The number of rotatable bonds is 5. The first-order valence-corrected chi connectivity index (χ1v) is 9.76. The second-order valence-corrected chi connectivity index (χ2v) is 7.63. The first kappa shape index (κ1) is 18.6. The molecule has 2 aliphatic heterocycles. The number of hydrogen-bond acceptors (Lipinski definition) is 6. The number of β-amino-alcohol motifs (C(OH)–C–C–N with tert-alkyl or cyclic N) is 1. The predicted octanol–water partition coefficient (Wildman–Crippen LogP) is 1.07. The maximum Gasteiger partial charge on any atom is 0.261 e. The van der Waals surface area contributed by atoms with E-state index < -0.39 is 5.60 Å². The number of hydrogen-bond donors (Lipinski definition) is 2. The van der Waals surface area contributed by atoms with Crippen molar-refractivity contribution in [2.75, 3.05) is 32.9 Å². The highest BCUT2D eigenvalue weighted by Gasteiger charge is 2.38. The van der Waals surface area contributed by atoms with Crippen molar-refractivity contribution in [2.45, 2.75) is 43.9 Å². The van der Waals surface area contributed by atoms with E-state index in [0.29, 0.717) is 49.3 Å². The van der Waals surface area contributed by atoms with Crippen molar-refractivity contribution in [3.05, 3.63) is 40.4 Å². The number of likely N-dealkylation sites (tertiary alicyclic amines) is 1. The van der Waals surface area contributed by atoms with Crippen molar-refractivity contribution in [1.29, 1.82) is 0 Å². The van der Waals surface area contributed by atoms with Gasteiger partial charge in [-0.2, -0.15) is 0 Å². The van der Waals surface area contributed by atoms with Crippen LogP contribution in [0.25, 0.3) is 10.9 Å². The Labute approximate surface area is 158 Å². The molecule has 0 aliphatic carbocycles. The molecule has 146 valence electrons. The van der Waals surface area contributed by atoms with Crippen molar-refractivity contribution in [3.63, 3.8) is 0 Å². The zero-order valence-corrected chi connectivity index (χ0v) is 15.5. The van der Waals surface area contributed by atoms with Gasteiger partial charge in [0.15, 0.2) is 0 Å². The summed E-state index contributed by atoms with van der Waals surface area (Å²) >= 11 is 0. The summed E-state index contributed by atoms with van der Waals surface area (Å²) in [6, 6.07) is 7.32. The van der Waals surface area contributed by atoms with Gasteiger partial charge < -0.3 is 14.9 Å². The molecule has 0 spiro atoms. The molecule has 27 heavy (non-hydrogen) atoms. The first-order chi connectivity index (χ1) is 13.1. The van der Waals surface area contributed by atoms with Gasteiger partial charge in [0.25, 0.3) is 5.56 Å². The fraction of sp³-hybridized carbons (Fsp3) is 0.600. The number of para-hydroxylation sites is 1. The Morgan fingerprint density at radius 3 is 2.81 bits per heavy atom. The van der Waals surface area contributed by atoms with Gasteiger partial charge in [0.2, 0.25) is 0 Å². The third-order valence-electron chi connectivity index (χ3n) is 5.80. The number of benzene rings is 1. The second kappa shape index (κ2) is 7.67. The summed E-state index contributed by atoms with van der Waals surface area (Å²) in [4.78, 5) is 20.0. The molecule has 2 aromatic rings. The first-order valence-electron chi connectivity index (χ1n) is 9.76. The van der Waals surface area contributed by atoms with Crippen LogP contribution in [0.15, 0.2) is 29.1 Å². The van der Waals surface area contributed by atoms with E-state index in [0.717, 1.165) is 19.4 Å². The van der Waals surface area contributed by atoms with Crippen LogP contribution in [0.5, 0.6) is 0 Å². The van der Waals surface area contributed by atoms with Crippen LogP contribution in [0.3, 0.4) is 0 Å². The van der Waals surface area contributed by atoms with E-state index in [4.69, 9.17) is 9.72 Å². The van der Waals surface area contributed by atoms with Gasteiger partial charge in [0, 0.05) is 32.6 Å². The van der Waals surface area contributed by atoms with Crippen molar-refractivity contribution in [2.24, 2.45) is 0 Å². The quantitative estimate of drug-likeness (QED) is 0.815. The van der Waals surface area contributed by atoms with Gasteiger partial charge >= 0.3 is 0 Å². The summed E-state index contributed by atoms with van der Waals surface area (Å²) in [6.45, 7) is 2.71. The molecule has 2 N–H and O–H groups in total. The molecule has 1 unspecified atom stereocenters. The number of nitrogens with zero attached hydrogens (tertiary/aromatic N) is 3. The molecular formula is C20H27N3O4. The number of aliphatic hydroxyl groups is 2. The van der Waals surface area contributed by atoms with Crippen LogP contribution < -0.4 is 5.56 Å². The van der Waals surface area contributed by atoms with Gasteiger partial charge in [-0.1, -0.05) is 12.1 Å². The van der Waals surface area contributed by atoms with Crippen LogP contribution >= 0.6 is 0 Å². The summed E-state index contributed by atoms with van der Waals surface area (Å²) < 4.78 is 7.00. The van der Waals surface area contributed by atoms with E-state index in [1.54, 1.807) is 10.6 Å². The zero-order chi connectivity index (χ0) is 18.9. The SMILES string of the molecule is O=c1c2ccccc2nc(C2CCCN2CC2(O)CCOCC2)n1CCO. The molecule has 7 heteroatoms. The van der Waals surface area contributed by atoms with Gasteiger partial charge in [-0.15, -0.1) is 0 Å². The highest BCUT2D eigenvalue weighted by Crippen LogP contribution is 2.34. The number of aliphatic hydroxyl groups excluding tert-OH is 1. The highest BCUT2D eigenvalue weighted by atomic mass is 16.5. The third kappa shape index (κ3) is 3.65. The Balaban J connectivity index is 1.71. The van der Waals surface area contributed by atoms with Crippen LogP contribution in [0.4, 0.5) is 0 Å². The Hall–Kier alpha value is -1.80. The highest BCUT2D eigenvalue weighted by molar-refractivity contribution is 5.77. The topological polar surface area (TPSA) is 87.8 Å². The number of aromatic nitrogens is 2. The number of fused-ring (bicyclic) bond motifs is 1. The summed E-state index contributed by atoms with van der Waals surface area (Å²) in [7, 11) is 0. The smallest absolute Gasteiger partial charge is 0.261 e. The van der Waals surface area contributed by atoms with Crippen LogP contribution in [-0.4, -0.2) is 63.2 Å². The average Bonchev–Trinajstić information content (AvgIpc) is 3.12. The predicted molar refractivity (Wildman–Crippen MR) is 102 cm³/mol. The minimum Gasteiger partial charge on any atom is -0.395 e. The fourth-order valence-electron chi connectivity index (χ4n) is 4.35. The lowest BCUT2D eigenvalue weighted by atomic mass is 9.93. The van der Waals surface area contributed by atoms with E-state index in [-0.39, 0.29) is 24.8 Å². The van der Waals surface area contributed by atoms with Crippen LogP contribution in [0.2, 0.25) is 0 Å². The van der Waals surface area contributed by atoms with Gasteiger partial charge in [-0.25, -0.2) is 4.98 Å². The molecule has 2 aliphatic rings. The van der Waals surface area contributed by atoms with Crippen molar-refractivity contribution in [1.82, 2.24) is 14.5 Å². The van der Waals surface area contributed by atoms with E-state index in [1.165, 1.54) is 0 Å². The largest absolute Gasteiger partial charge is 0.395 e. The maximum atomic E-state index is 13.0. The van der Waals surface area contributed by atoms with Gasteiger partial charge in [0.05, 0.1) is 35.7 Å². The van der Waals surface area contributed by atoms with Crippen molar-refractivity contribution in [3.8, 4) is 0 Å². The maximum absolute atomic E-state index is 13.0. The van der Waals surface area contributed by atoms with Gasteiger partial charge in [0.1, 0.15) is 5.82 Å². The van der Waals surface area contributed by atoms with Crippen LogP contribution in [-0.2, 0) is 11.3 Å². The fourth-order valence-corrected chi connectivity index (χ4v) is 4.35. The van der Waals surface area contributed by atoms with E-state index in [2.05, 4.69) is 4.90 Å². The molecule has 1 atom stereocenters. The monoisotopic (exact) mass is 373 g/mol. The van der Waals surface area contributed by atoms with Crippen molar-refractivity contribution >= 4 is 10.9 Å². The lowest BCUT2D eigenvalue weighted by Gasteiger charge is -2.37. The van der Waals surface area contributed by atoms with E-state index >= 15 is 0 Å². The van der Waals surface area contributed by atoms with Crippen LogP contribution in [0, 0.1) is 0 Å². The van der Waals surface area contributed by atoms with Gasteiger partial charge in [-0.05, 0) is 31.5 Å². The number of ether oxygens (including phenoxy) is 1. The normalized spacial score (nSPS) is 23.1. The van der Waals surface area contributed by atoms with Crippen molar-refractivity contribution < 1.29 is 14.9 Å². The Kier molecular flexibility index (Phi) is 5.27. The lowest BCUT2D eigenvalue weighted by Crippen LogP contribution is -2.47. The molecular weight excluding hydrogens is 346 g/mol. The zero-order valence-electron chi connectivity index (χ0n) is 15.5.